The number of aromatic hydroxyl groups is 1. The van der Waals surface area contributed by atoms with Gasteiger partial charge in [-0.2, -0.15) is 0 Å². The lowest BCUT2D eigenvalue weighted by Gasteiger charge is -2.09. The second-order valence-electron chi connectivity index (χ2n) is 5.98. The minimum absolute atomic E-state index is 0.161. The molecule has 0 aliphatic heterocycles. The maximum atomic E-state index is 11.9. The van der Waals surface area contributed by atoms with Crippen LogP contribution < -0.4 is 9.47 Å². The van der Waals surface area contributed by atoms with E-state index in [4.69, 9.17) is 14.3 Å². The fourth-order valence-electron chi connectivity index (χ4n) is 2.65. The number of nitrogens with one attached hydrogen (secondary N) is 1. The van der Waals surface area contributed by atoms with E-state index < -0.39 is 12.5 Å². The van der Waals surface area contributed by atoms with Crippen LogP contribution in [0.2, 0.25) is 0 Å². The minimum atomic E-state index is -0.640. The molecule has 0 saturated heterocycles. The number of methoxy groups -OCH3 is 2. The zero-order chi connectivity index (χ0) is 20.8. The number of oxime groups is 1. The number of fused-ring (bicyclic) bond motifs is 1. The van der Waals surface area contributed by atoms with Gasteiger partial charge in [0.1, 0.15) is 0 Å². The third kappa shape index (κ3) is 4.52. The van der Waals surface area contributed by atoms with Crippen LogP contribution in [0, 0.1) is 0 Å². The van der Waals surface area contributed by atoms with Gasteiger partial charge in [-0.15, -0.1) is 10.2 Å². The monoisotopic (exact) mass is 396 g/mol. The summed E-state index contributed by atoms with van der Waals surface area (Å²) < 4.78 is 10.4. The molecule has 0 fully saturated rings. The van der Waals surface area contributed by atoms with Gasteiger partial charge >= 0.3 is 5.91 Å². The van der Waals surface area contributed by atoms with Gasteiger partial charge in [0.25, 0.3) is 0 Å². The van der Waals surface area contributed by atoms with Crippen LogP contribution in [0.1, 0.15) is 12.5 Å². The first kappa shape index (κ1) is 19.9. The van der Waals surface area contributed by atoms with Crippen molar-refractivity contribution < 1.29 is 24.2 Å². The molecular formula is C20H20N4O5. The molecule has 9 heteroatoms. The lowest BCUT2D eigenvalue weighted by atomic mass is 10.1. The normalized spacial score (nSPS) is 11.8. The molecule has 2 aromatic carbocycles. The summed E-state index contributed by atoms with van der Waals surface area (Å²) in [5.41, 5.74) is 2.18. The molecule has 0 radical (unpaired) electrons. The largest absolute Gasteiger partial charge is 0.493 e. The van der Waals surface area contributed by atoms with Gasteiger partial charge in [-0.1, -0.05) is 23.4 Å². The van der Waals surface area contributed by atoms with E-state index in [2.05, 4.69) is 20.4 Å². The SMILES string of the molecule is COc1ccc(/C(C)=N/OCC(=O)N=Nc2c(O)[nH]c3ccccc23)cc1OC. The zero-order valence-electron chi connectivity index (χ0n) is 16.2. The number of carbonyl (C=O) groups excluding carboxylic acids is 1. The van der Waals surface area contributed by atoms with Gasteiger partial charge in [0.05, 0.1) is 25.4 Å². The number of nitrogens with zero attached hydrogens (tertiary/aromatic N) is 3. The fraction of sp³-hybridized carbons (Fsp3) is 0.200. The quantitative estimate of drug-likeness (QED) is 0.356. The predicted molar refractivity (Wildman–Crippen MR) is 107 cm³/mol. The molecule has 29 heavy (non-hydrogen) atoms. The topological polar surface area (TPSA) is 118 Å². The lowest BCUT2D eigenvalue weighted by Crippen LogP contribution is -2.04. The Hall–Kier alpha value is -3.88. The number of para-hydroxylation sites is 1. The highest BCUT2D eigenvalue weighted by atomic mass is 16.6. The maximum Gasteiger partial charge on any atom is 0.304 e. The maximum absolute atomic E-state index is 11.9. The van der Waals surface area contributed by atoms with Gasteiger partial charge in [0.2, 0.25) is 5.88 Å². The Morgan fingerprint density at radius 3 is 2.62 bits per heavy atom. The predicted octanol–water partition coefficient (Wildman–Crippen LogP) is 3.94. The molecule has 1 heterocycles. The summed E-state index contributed by atoms with van der Waals surface area (Å²) in [7, 11) is 3.09. The standard InChI is InChI=1S/C20H20N4O5/c1-12(13-8-9-16(27-2)17(10-13)28-3)24-29-11-18(25)22-23-19-14-6-4-5-7-15(14)21-20(19)26/h4-10,21,26H,11H2,1-3H3/b23-22?,24-12+. The van der Waals surface area contributed by atoms with Crippen molar-refractivity contribution >= 4 is 28.2 Å². The summed E-state index contributed by atoms with van der Waals surface area (Å²) in [5, 5.41) is 21.9. The van der Waals surface area contributed by atoms with Crippen molar-refractivity contribution in [1.29, 1.82) is 0 Å². The number of benzene rings is 2. The number of carbonyl (C=O) groups is 1. The Morgan fingerprint density at radius 1 is 1.10 bits per heavy atom. The average Bonchev–Trinajstić information content (AvgIpc) is 3.06. The summed E-state index contributed by atoms with van der Waals surface area (Å²) in [6.07, 6.45) is 0. The Morgan fingerprint density at radius 2 is 1.86 bits per heavy atom. The number of H-pyrrole nitrogens is 1. The molecule has 0 atom stereocenters. The molecule has 0 bridgehead atoms. The van der Waals surface area contributed by atoms with E-state index in [1.807, 2.05) is 6.07 Å². The van der Waals surface area contributed by atoms with Crippen LogP contribution >= 0.6 is 0 Å². The third-order valence-corrected chi connectivity index (χ3v) is 4.11. The van der Waals surface area contributed by atoms with E-state index in [1.165, 1.54) is 0 Å². The molecule has 1 amide bonds. The molecule has 0 unspecified atom stereocenters. The Balaban J connectivity index is 1.63. The van der Waals surface area contributed by atoms with Crippen molar-refractivity contribution in [3.63, 3.8) is 0 Å². The summed E-state index contributed by atoms with van der Waals surface area (Å²) in [6.45, 7) is 1.34. The van der Waals surface area contributed by atoms with E-state index in [1.54, 1.807) is 57.5 Å². The van der Waals surface area contributed by atoms with E-state index >= 15 is 0 Å². The summed E-state index contributed by atoms with van der Waals surface area (Å²) in [4.78, 5) is 19.7. The van der Waals surface area contributed by atoms with E-state index in [-0.39, 0.29) is 11.6 Å². The number of azo groups is 1. The first-order valence-corrected chi connectivity index (χ1v) is 8.66. The molecule has 9 nitrogen and oxygen atoms in total. The van der Waals surface area contributed by atoms with Gasteiger partial charge < -0.3 is 24.4 Å². The zero-order valence-corrected chi connectivity index (χ0v) is 16.2. The number of ether oxygens (including phenoxy) is 2. The number of aromatic amines is 1. The van der Waals surface area contributed by atoms with Crippen LogP contribution in [-0.2, 0) is 9.63 Å². The molecule has 3 rings (SSSR count). The lowest BCUT2D eigenvalue weighted by molar-refractivity contribution is -0.122. The van der Waals surface area contributed by atoms with Crippen molar-refractivity contribution in [2.45, 2.75) is 6.92 Å². The number of hydrogen-bond acceptors (Lipinski definition) is 7. The van der Waals surface area contributed by atoms with Gasteiger partial charge in [-0.05, 0) is 31.2 Å². The van der Waals surface area contributed by atoms with Crippen LogP contribution in [0.5, 0.6) is 17.4 Å². The van der Waals surface area contributed by atoms with Crippen molar-refractivity contribution in [3.05, 3.63) is 48.0 Å². The highest BCUT2D eigenvalue weighted by Gasteiger charge is 2.11. The van der Waals surface area contributed by atoms with E-state index in [0.717, 1.165) is 5.56 Å². The van der Waals surface area contributed by atoms with Crippen LogP contribution in [0.4, 0.5) is 5.69 Å². The average molecular weight is 396 g/mol. The second kappa shape index (κ2) is 8.87. The number of amides is 1. The van der Waals surface area contributed by atoms with Gasteiger partial charge in [-0.25, -0.2) is 0 Å². The molecular weight excluding hydrogens is 376 g/mol. The van der Waals surface area contributed by atoms with Gasteiger partial charge in [0.15, 0.2) is 23.8 Å². The van der Waals surface area contributed by atoms with Crippen molar-refractivity contribution in [1.82, 2.24) is 4.98 Å². The first-order chi connectivity index (χ1) is 14.0. The van der Waals surface area contributed by atoms with Crippen molar-refractivity contribution in [3.8, 4) is 17.4 Å². The Kier molecular flexibility index (Phi) is 6.08. The highest BCUT2D eigenvalue weighted by molar-refractivity contribution is 5.99. The van der Waals surface area contributed by atoms with Crippen LogP contribution in [0.3, 0.4) is 0 Å². The van der Waals surface area contributed by atoms with E-state index in [0.29, 0.717) is 28.1 Å². The Bertz CT molecular complexity index is 1090. The number of rotatable bonds is 7. The summed E-state index contributed by atoms with van der Waals surface area (Å²) in [5.74, 6) is 0.355. The second-order valence-corrected chi connectivity index (χ2v) is 5.98. The first-order valence-electron chi connectivity index (χ1n) is 8.66. The smallest absolute Gasteiger partial charge is 0.304 e. The van der Waals surface area contributed by atoms with E-state index in [9.17, 15) is 9.90 Å². The van der Waals surface area contributed by atoms with Crippen molar-refractivity contribution in [2.24, 2.45) is 15.4 Å². The van der Waals surface area contributed by atoms with Gasteiger partial charge in [-0.3, -0.25) is 4.79 Å². The molecule has 1 aromatic heterocycles. The van der Waals surface area contributed by atoms with Gasteiger partial charge in [0, 0.05) is 10.9 Å². The third-order valence-electron chi connectivity index (χ3n) is 4.11. The minimum Gasteiger partial charge on any atom is -0.493 e. The summed E-state index contributed by atoms with van der Waals surface area (Å²) in [6, 6.07) is 12.5. The molecule has 0 aliphatic rings. The highest BCUT2D eigenvalue weighted by Crippen LogP contribution is 2.35. The summed E-state index contributed by atoms with van der Waals surface area (Å²) >= 11 is 0. The molecule has 2 N–H and O–H groups in total. The number of hydrogen-bond donors (Lipinski definition) is 2. The molecule has 0 aliphatic carbocycles. The molecule has 3 aromatic rings. The molecule has 0 saturated carbocycles. The Labute approximate surface area is 166 Å². The van der Waals surface area contributed by atoms with Crippen LogP contribution in [0.25, 0.3) is 10.9 Å². The van der Waals surface area contributed by atoms with Crippen LogP contribution in [-0.4, -0.2) is 42.5 Å². The van der Waals surface area contributed by atoms with Crippen molar-refractivity contribution in [2.75, 3.05) is 20.8 Å². The fourth-order valence-corrected chi connectivity index (χ4v) is 2.65. The number of aromatic nitrogens is 1. The van der Waals surface area contributed by atoms with Crippen LogP contribution in [0.15, 0.2) is 57.8 Å². The molecule has 150 valence electrons. The molecule has 0 spiro atoms.